The van der Waals surface area contributed by atoms with Crippen LogP contribution in [0.5, 0.6) is 0 Å². The largest absolute Gasteiger partial charge is 0.481 e. The Morgan fingerprint density at radius 3 is 2.64 bits per heavy atom. The SMILES string of the molecule is C=C(CCC(=O)O)N(C(C)CC)C1c2ccc(F)cc2N(C(=O)OCc2ccccc2)C2CCCC21. The Balaban J connectivity index is 1.72. The summed E-state index contributed by atoms with van der Waals surface area (Å²) in [6.45, 7) is 8.63. The number of carbonyl (C=O) groups is 2. The Morgan fingerprint density at radius 2 is 1.94 bits per heavy atom. The first-order valence-corrected chi connectivity index (χ1v) is 12.8. The average molecular weight is 495 g/mol. The smallest absolute Gasteiger partial charge is 0.414 e. The summed E-state index contributed by atoms with van der Waals surface area (Å²) in [5, 5.41) is 9.26. The summed E-state index contributed by atoms with van der Waals surface area (Å²) in [6.07, 6.45) is 3.37. The lowest BCUT2D eigenvalue weighted by atomic mass is 9.80. The summed E-state index contributed by atoms with van der Waals surface area (Å²) in [5.41, 5.74) is 3.03. The minimum Gasteiger partial charge on any atom is -0.481 e. The number of fused-ring (bicyclic) bond motifs is 2. The van der Waals surface area contributed by atoms with Gasteiger partial charge in [0.2, 0.25) is 0 Å². The molecule has 4 atom stereocenters. The van der Waals surface area contributed by atoms with Gasteiger partial charge in [-0.05, 0) is 55.9 Å². The van der Waals surface area contributed by atoms with Crippen LogP contribution in [0.15, 0.2) is 60.8 Å². The highest BCUT2D eigenvalue weighted by molar-refractivity contribution is 5.90. The number of nitrogens with zero attached hydrogens (tertiary/aromatic N) is 2. The highest BCUT2D eigenvalue weighted by Crippen LogP contribution is 2.52. The van der Waals surface area contributed by atoms with Crippen molar-refractivity contribution in [3.63, 3.8) is 0 Å². The molecule has 1 saturated carbocycles. The molecule has 1 aliphatic heterocycles. The zero-order valence-electron chi connectivity index (χ0n) is 21.0. The van der Waals surface area contributed by atoms with E-state index >= 15 is 0 Å². The quantitative estimate of drug-likeness (QED) is 0.422. The van der Waals surface area contributed by atoms with Gasteiger partial charge < -0.3 is 14.7 Å². The van der Waals surface area contributed by atoms with Crippen LogP contribution in [-0.2, 0) is 16.1 Å². The Hall–Kier alpha value is -3.35. The van der Waals surface area contributed by atoms with E-state index in [1.807, 2.05) is 30.3 Å². The van der Waals surface area contributed by atoms with Crippen molar-refractivity contribution < 1.29 is 23.8 Å². The van der Waals surface area contributed by atoms with E-state index in [4.69, 9.17) is 4.74 Å². The van der Waals surface area contributed by atoms with Crippen LogP contribution in [0.1, 0.15) is 69.5 Å². The molecule has 2 aromatic carbocycles. The third kappa shape index (κ3) is 5.25. The zero-order valence-corrected chi connectivity index (χ0v) is 21.0. The van der Waals surface area contributed by atoms with Gasteiger partial charge >= 0.3 is 12.1 Å². The summed E-state index contributed by atoms with van der Waals surface area (Å²) in [5.74, 6) is -1.18. The van der Waals surface area contributed by atoms with Gasteiger partial charge in [0.15, 0.2) is 0 Å². The molecule has 1 N–H and O–H groups in total. The number of aliphatic carboxylic acids is 1. The van der Waals surface area contributed by atoms with E-state index in [9.17, 15) is 19.1 Å². The summed E-state index contributed by atoms with van der Waals surface area (Å²) in [6, 6.07) is 14.0. The molecule has 6 nitrogen and oxygen atoms in total. The fourth-order valence-corrected chi connectivity index (χ4v) is 5.78. The monoisotopic (exact) mass is 494 g/mol. The van der Waals surface area contributed by atoms with E-state index in [-0.39, 0.29) is 37.1 Å². The van der Waals surface area contributed by atoms with Crippen molar-refractivity contribution >= 4 is 17.7 Å². The van der Waals surface area contributed by atoms with Gasteiger partial charge in [0.25, 0.3) is 0 Å². The van der Waals surface area contributed by atoms with Crippen LogP contribution in [0.3, 0.4) is 0 Å². The lowest BCUT2D eigenvalue weighted by Crippen LogP contribution is -2.52. The number of amides is 1. The Morgan fingerprint density at radius 1 is 1.19 bits per heavy atom. The fraction of sp³-hybridized carbons (Fsp3) is 0.448. The van der Waals surface area contributed by atoms with Crippen LogP contribution in [0.4, 0.5) is 14.9 Å². The van der Waals surface area contributed by atoms with Gasteiger partial charge in [-0.3, -0.25) is 9.69 Å². The van der Waals surface area contributed by atoms with Crippen molar-refractivity contribution in [2.45, 2.75) is 77.1 Å². The molecule has 1 amide bonds. The third-order valence-corrected chi connectivity index (χ3v) is 7.60. The molecule has 1 aliphatic carbocycles. The number of carbonyl (C=O) groups excluding carboxylic acids is 1. The van der Waals surface area contributed by atoms with Crippen molar-refractivity contribution in [1.29, 1.82) is 0 Å². The summed E-state index contributed by atoms with van der Waals surface area (Å²) < 4.78 is 20.3. The number of anilines is 1. The average Bonchev–Trinajstić information content (AvgIpc) is 3.35. The Labute approximate surface area is 212 Å². The van der Waals surface area contributed by atoms with Gasteiger partial charge in [-0.1, -0.05) is 56.3 Å². The molecule has 4 rings (SSSR count). The molecule has 1 fully saturated rings. The number of hydrogen-bond acceptors (Lipinski definition) is 4. The van der Waals surface area contributed by atoms with Crippen molar-refractivity contribution in [3.8, 4) is 0 Å². The first-order chi connectivity index (χ1) is 17.3. The maximum absolute atomic E-state index is 14.6. The second-order valence-electron chi connectivity index (χ2n) is 9.84. The van der Waals surface area contributed by atoms with Crippen LogP contribution >= 0.6 is 0 Å². The molecule has 7 heteroatoms. The molecular weight excluding hydrogens is 459 g/mol. The molecule has 0 aromatic heterocycles. The van der Waals surface area contributed by atoms with Crippen molar-refractivity contribution in [2.24, 2.45) is 5.92 Å². The van der Waals surface area contributed by atoms with Crippen molar-refractivity contribution in [2.75, 3.05) is 4.90 Å². The molecule has 192 valence electrons. The Bertz CT molecular complexity index is 1110. The standard InChI is InChI=1S/C29H35FN2O4/c1-4-19(2)31(20(3)13-16-27(33)34)28-23-11-8-12-25(23)32(26-17-22(30)14-15-24(26)28)29(35)36-18-21-9-6-5-7-10-21/h5-7,9-10,14-15,17,19,23,25,28H,3-4,8,11-13,16,18H2,1-2H3,(H,33,34). The highest BCUT2D eigenvalue weighted by Gasteiger charge is 2.49. The number of carboxylic acid groups (broad SMARTS) is 1. The van der Waals surface area contributed by atoms with Crippen LogP contribution in [-0.4, -0.2) is 34.2 Å². The summed E-state index contributed by atoms with van der Waals surface area (Å²) in [7, 11) is 0. The second-order valence-corrected chi connectivity index (χ2v) is 9.84. The van der Waals surface area contributed by atoms with Crippen LogP contribution in [0, 0.1) is 11.7 Å². The van der Waals surface area contributed by atoms with Gasteiger partial charge in [-0.25, -0.2) is 9.18 Å². The number of halogens is 1. The van der Waals surface area contributed by atoms with Gasteiger partial charge in [-0.2, -0.15) is 0 Å². The molecule has 0 saturated heterocycles. The van der Waals surface area contributed by atoms with Crippen molar-refractivity contribution in [3.05, 3.63) is 77.8 Å². The number of allylic oxidation sites excluding steroid dienone is 1. The van der Waals surface area contributed by atoms with Gasteiger partial charge in [0, 0.05) is 23.7 Å². The number of benzene rings is 2. The van der Waals surface area contributed by atoms with Gasteiger partial charge in [-0.15, -0.1) is 0 Å². The molecule has 36 heavy (non-hydrogen) atoms. The normalized spacial score (nSPS) is 21.3. The molecule has 0 radical (unpaired) electrons. The van der Waals surface area contributed by atoms with Crippen molar-refractivity contribution in [1.82, 2.24) is 4.90 Å². The van der Waals surface area contributed by atoms with Crippen LogP contribution in [0.25, 0.3) is 0 Å². The molecule has 1 heterocycles. The van der Waals surface area contributed by atoms with E-state index < -0.39 is 17.9 Å². The highest BCUT2D eigenvalue weighted by atomic mass is 19.1. The third-order valence-electron chi connectivity index (χ3n) is 7.60. The second kappa shape index (κ2) is 11.1. The minimum atomic E-state index is -0.863. The van der Waals surface area contributed by atoms with Gasteiger partial charge in [0.1, 0.15) is 12.4 Å². The molecule has 0 spiro atoms. The number of rotatable bonds is 9. The predicted octanol–water partition coefficient (Wildman–Crippen LogP) is 6.67. The lowest BCUT2D eigenvalue weighted by molar-refractivity contribution is -0.137. The van der Waals surface area contributed by atoms with E-state index in [0.717, 1.165) is 42.5 Å². The maximum Gasteiger partial charge on any atom is 0.414 e. The number of carboxylic acids is 1. The topological polar surface area (TPSA) is 70.1 Å². The van der Waals surface area contributed by atoms with E-state index in [0.29, 0.717) is 12.1 Å². The van der Waals surface area contributed by atoms with Gasteiger partial charge in [0.05, 0.1) is 18.2 Å². The lowest BCUT2D eigenvalue weighted by Gasteiger charge is -2.50. The molecule has 2 aliphatic rings. The number of hydrogen-bond donors (Lipinski definition) is 1. The summed E-state index contributed by atoms with van der Waals surface area (Å²) >= 11 is 0. The molecule has 4 unspecified atom stereocenters. The zero-order chi connectivity index (χ0) is 25.8. The fourth-order valence-electron chi connectivity index (χ4n) is 5.78. The predicted molar refractivity (Wildman–Crippen MR) is 137 cm³/mol. The molecule has 2 aromatic rings. The van der Waals surface area contributed by atoms with E-state index in [1.54, 1.807) is 11.0 Å². The van der Waals surface area contributed by atoms with E-state index in [1.165, 1.54) is 12.1 Å². The minimum absolute atomic E-state index is 0.000788. The van der Waals surface area contributed by atoms with E-state index in [2.05, 4.69) is 25.3 Å². The molecular formula is C29H35FN2O4. The van der Waals surface area contributed by atoms with Crippen LogP contribution < -0.4 is 4.90 Å². The summed E-state index contributed by atoms with van der Waals surface area (Å²) in [4.78, 5) is 28.6. The first-order valence-electron chi connectivity index (χ1n) is 12.8. The maximum atomic E-state index is 14.6. The first kappa shape index (κ1) is 25.7. The number of ether oxygens (including phenoxy) is 1. The van der Waals surface area contributed by atoms with Crippen LogP contribution in [0.2, 0.25) is 0 Å². The molecule has 0 bridgehead atoms. The Kier molecular flexibility index (Phi) is 7.97.